The highest BCUT2D eigenvalue weighted by atomic mass is 16.2. The van der Waals surface area contributed by atoms with E-state index in [1.54, 1.807) is 16.8 Å². The Morgan fingerprint density at radius 3 is 2.88 bits per heavy atom. The number of aromatic nitrogens is 2. The quantitative estimate of drug-likeness (QED) is 0.739. The molecule has 1 aliphatic carbocycles. The molecule has 0 radical (unpaired) electrons. The number of benzene rings is 1. The maximum absolute atomic E-state index is 13.2. The first-order valence-electron chi connectivity index (χ1n) is 12.3. The predicted octanol–water partition coefficient (Wildman–Crippen LogP) is 4.00. The number of H-pyrrole nitrogens is 1. The van der Waals surface area contributed by atoms with Crippen LogP contribution in [-0.2, 0) is 28.9 Å². The molecule has 7 heteroatoms. The fourth-order valence-corrected chi connectivity index (χ4v) is 5.65. The monoisotopic (exact) mass is 449 g/mol. The maximum Gasteiger partial charge on any atom is 0.249 e. The van der Waals surface area contributed by atoms with Gasteiger partial charge in [-0.25, -0.2) is 0 Å². The van der Waals surface area contributed by atoms with E-state index in [9.17, 15) is 9.59 Å². The summed E-state index contributed by atoms with van der Waals surface area (Å²) in [5.41, 5.74) is 7.28. The molecule has 2 amide bonds. The molecule has 0 spiro atoms. The molecule has 2 unspecified atom stereocenters. The Bertz CT molecular complexity index is 1090. The molecular formula is C26H35N5O2. The molecule has 1 saturated heterocycles. The lowest BCUT2D eigenvalue weighted by Crippen LogP contribution is -2.50. The van der Waals surface area contributed by atoms with Crippen LogP contribution in [0.15, 0.2) is 18.2 Å². The lowest BCUT2D eigenvalue weighted by molar-refractivity contribution is -0.140. The Balaban J connectivity index is 1.31. The molecule has 0 bridgehead atoms. The van der Waals surface area contributed by atoms with Crippen molar-refractivity contribution >= 4 is 23.2 Å². The third kappa shape index (κ3) is 4.02. The molecule has 2 aromatic rings. The normalized spacial score (nSPS) is 22.4. The maximum atomic E-state index is 13.2. The van der Waals surface area contributed by atoms with Gasteiger partial charge >= 0.3 is 0 Å². The van der Waals surface area contributed by atoms with E-state index in [1.165, 1.54) is 23.2 Å². The number of fused-ring (bicyclic) bond motifs is 2. The fourth-order valence-electron chi connectivity index (χ4n) is 5.65. The number of anilines is 2. The van der Waals surface area contributed by atoms with Crippen LogP contribution < -0.4 is 10.2 Å². The molecule has 0 saturated carbocycles. The number of hydrogen-bond acceptors (Lipinski definition) is 4. The highest BCUT2D eigenvalue weighted by Crippen LogP contribution is 2.41. The number of amides is 2. The largest absolute Gasteiger partial charge is 0.376 e. The number of rotatable bonds is 4. The molecule has 2 N–H and O–H groups in total. The number of aromatic amines is 1. The van der Waals surface area contributed by atoms with Crippen LogP contribution in [0, 0.1) is 5.41 Å². The van der Waals surface area contributed by atoms with Gasteiger partial charge in [-0.1, -0.05) is 19.9 Å². The molecule has 1 aromatic carbocycles. The molecule has 176 valence electrons. The zero-order chi connectivity index (χ0) is 23.3. The van der Waals surface area contributed by atoms with Gasteiger partial charge in [0.2, 0.25) is 11.8 Å². The fraction of sp³-hybridized carbons (Fsp3) is 0.577. The molecule has 2 aliphatic heterocycles. The Labute approximate surface area is 195 Å². The summed E-state index contributed by atoms with van der Waals surface area (Å²) < 4.78 is 0. The lowest BCUT2D eigenvalue weighted by Gasteiger charge is -2.33. The van der Waals surface area contributed by atoms with Crippen LogP contribution in [0.3, 0.4) is 0 Å². The zero-order valence-electron chi connectivity index (χ0n) is 20.2. The first-order valence-corrected chi connectivity index (χ1v) is 12.3. The minimum atomic E-state index is -0.448. The Morgan fingerprint density at radius 2 is 2.09 bits per heavy atom. The first kappa shape index (κ1) is 22.0. The van der Waals surface area contributed by atoms with Crippen molar-refractivity contribution in [1.82, 2.24) is 15.1 Å². The number of nitrogens with zero attached hydrogens (tertiary/aromatic N) is 3. The minimum absolute atomic E-state index is 0.0521. The van der Waals surface area contributed by atoms with E-state index >= 15 is 0 Å². The van der Waals surface area contributed by atoms with Crippen molar-refractivity contribution in [1.29, 1.82) is 0 Å². The second kappa shape index (κ2) is 8.19. The second-order valence-corrected chi connectivity index (χ2v) is 10.8. The molecule has 2 atom stereocenters. The highest BCUT2D eigenvalue weighted by molar-refractivity contribution is 5.99. The van der Waals surface area contributed by atoms with Gasteiger partial charge in [0.1, 0.15) is 6.04 Å². The number of carbonyl (C=O) groups excluding carboxylic acids is 2. The number of likely N-dealkylation sites (N-methyl/N-ethyl adjacent to an activating group) is 1. The van der Waals surface area contributed by atoms with Crippen molar-refractivity contribution in [2.75, 3.05) is 23.8 Å². The van der Waals surface area contributed by atoms with Gasteiger partial charge in [-0.15, -0.1) is 0 Å². The molecule has 7 nitrogen and oxygen atoms in total. The molecule has 3 heterocycles. The van der Waals surface area contributed by atoms with Gasteiger partial charge < -0.3 is 15.1 Å². The van der Waals surface area contributed by atoms with Gasteiger partial charge in [-0.3, -0.25) is 14.7 Å². The molecule has 1 aromatic heterocycles. The van der Waals surface area contributed by atoms with Gasteiger partial charge in [-0.2, -0.15) is 5.10 Å². The second-order valence-electron chi connectivity index (χ2n) is 10.8. The summed E-state index contributed by atoms with van der Waals surface area (Å²) in [6.07, 6.45) is 6.61. The number of hydrogen-bond donors (Lipinski definition) is 2. The van der Waals surface area contributed by atoms with Gasteiger partial charge in [0.25, 0.3) is 0 Å². The molecule has 1 fully saturated rings. The zero-order valence-corrected chi connectivity index (χ0v) is 20.2. The number of nitrogens with one attached hydrogen (secondary N) is 2. The standard InChI is InChI=1S/C26H35N5O2/c1-16(31-12-6-5-7-23(31)32)25(33)30(4)18-9-8-17-13-21(27-20(17)14-18)24-19-10-11-26(2,3)15-22(19)28-29-24/h8-9,14,16,21,27H,5-7,10-13,15H2,1-4H3,(H,28,29). The molecule has 5 rings (SSSR count). The van der Waals surface area contributed by atoms with E-state index in [0.29, 0.717) is 18.4 Å². The van der Waals surface area contributed by atoms with E-state index in [4.69, 9.17) is 5.10 Å². The Kier molecular flexibility index (Phi) is 5.46. The average molecular weight is 450 g/mol. The summed E-state index contributed by atoms with van der Waals surface area (Å²) in [4.78, 5) is 28.8. The summed E-state index contributed by atoms with van der Waals surface area (Å²) in [7, 11) is 1.80. The summed E-state index contributed by atoms with van der Waals surface area (Å²) in [6, 6.07) is 5.88. The van der Waals surface area contributed by atoms with Gasteiger partial charge in [0.15, 0.2) is 0 Å². The average Bonchev–Trinajstić information content (AvgIpc) is 3.39. The number of piperidine rings is 1. The van der Waals surface area contributed by atoms with Crippen LogP contribution in [0.2, 0.25) is 0 Å². The van der Waals surface area contributed by atoms with Crippen LogP contribution >= 0.6 is 0 Å². The highest BCUT2D eigenvalue weighted by Gasteiger charge is 2.34. The molecular weight excluding hydrogens is 414 g/mol. The predicted molar refractivity (Wildman–Crippen MR) is 129 cm³/mol. The van der Waals surface area contributed by atoms with E-state index in [1.807, 2.05) is 13.0 Å². The van der Waals surface area contributed by atoms with Gasteiger partial charge in [0.05, 0.1) is 11.7 Å². The van der Waals surface area contributed by atoms with Crippen LogP contribution in [0.1, 0.15) is 75.0 Å². The molecule has 3 aliphatic rings. The van der Waals surface area contributed by atoms with Crippen LogP contribution in [-0.4, -0.2) is 46.5 Å². The number of likely N-dealkylation sites (tertiary alicyclic amines) is 1. The summed E-state index contributed by atoms with van der Waals surface area (Å²) in [5, 5.41) is 11.7. The molecule has 33 heavy (non-hydrogen) atoms. The summed E-state index contributed by atoms with van der Waals surface area (Å²) in [6.45, 7) is 7.15. The van der Waals surface area contributed by atoms with Crippen molar-refractivity contribution in [3.8, 4) is 0 Å². The lowest BCUT2D eigenvalue weighted by atomic mass is 9.76. The number of carbonyl (C=O) groups is 2. The SMILES string of the molecule is CC(C(=O)N(C)c1ccc2c(c1)NC(c1n[nH]c3c1CCC(C)(C)C3)C2)N1CCCCC1=O. The minimum Gasteiger partial charge on any atom is -0.376 e. The topological polar surface area (TPSA) is 81.3 Å². The smallest absolute Gasteiger partial charge is 0.249 e. The van der Waals surface area contributed by atoms with Gasteiger partial charge in [0, 0.05) is 43.5 Å². The van der Waals surface area contributed by atoms with Crippen molar-refractivity contribution < 1.29 is 9.59 Å². The van der Waals surface area contributed by atoms with Crippen molar-refractivity contribution in [2.45, 2.75) is 77.8 Å². The Hall–Kier alpha value is -2.83. The summed E-state index contributed by atoms with van der Waals surface area (Å²) in [5.74, 6) is 0.0309. The third-order valence-electron chi connectivity index (χ3n) is 7.77. The van der Waals surface area contributed by atoms with E-state index in [0.717, 1.165) is 49.2 Å². The van der Waals surface area contributed by atoms with Crippen molar-refractivity contribution in [3.63, 3.8) is 0 Å². The van der Waals surface area contributed by atoms with E-state index < -0.39 is 6.04 Å². The van der Waals surface area contributed by atoms with E-state index in [-0.39, 0.29) is 17.9 Å². The Morgan fingerprint density at radius 1 is 1.27 bits per heavy atom. The van der Waals surface area contributed by atoms with Crippen molar-refractivity contribution in [3.05, 3.63) is 40.7 Å². The van der Waals surface area contributed by atoms with Crippen LogP contribution in [0.4, 0.5) is 11.4 Å². The summed E-state index contributed by atoms with van der Waals surface area (Å²) >= 11 is 0. The van der Waals surface area contributed by atoms with Crippen LogP contribution in [0.25, 0.3) is 0 Å². The van der Waals surface area contributed by atoms with Gasteiger partial charge in [-0.05, 0) is 67.7 Å². The van der Waals surface area contributed by atoms with E-state index in [2.05, 4.69) is 36.4 Å². The first-order chi connectivity index (χ1) is 15.7. The van der Waals surface area contributed by atoms with Crippen LogP contribution in [0.5, 0.6) is 0 Å². The van der Waals surface area contributed by atoms with Crippen molar-refractivity contribution in [2.24, 2.45) is 5.41 Å². The third-order valence-corrected chi connectivity index (χ3v) is 7.77.